The fourth-order valence-electron chi connectivity index (χ4n) is 2.53. The maximum absolute atomic E-state index is 12.9. The normalized spacial score (nSPS) is 14.6. The molecular formula is C17H21ClO6. The highest BCUT2D eigenvalue weighted by Gasteiger charge is 2.43. The Balaban J connectivity index is 3.28. The van der Waals surface area contributed by atoms with E-state index in [9.17, 15) is 19.5 Å². The minimum absolute atomic E-state index is 0.185. The topological polar surface area (TPSA) is 89.9 Å². The van der Waals surface area contributed by atoms with Crippen LogP contribution in [0.5, 0.6) is 0 Å². The quantitative estimate of drug-likeness (QED) is 0.593. The highest BCUT2D eigenvalue weighted by molar-refractivity contribution is 6.30. The molecule has 0 saturated heterocycles. The predicted octanol–water partition coefficient (Wildman–Crippen LogP) is 1.97. The molecule has 0 bridgehead atoms. The van der Waals surface area contributed by atoms with Crippen molar-refractivity contribution in [1.29, 1.82) is 0 Å². The van der Waals surface area contributed by atoms with Crippen LogP contribution in [0.15, 0.2) is 24.3 Å². The largest absolute Gasteiger partial charge is 0.468 e. The highest BCUT2D eigenvalue weighted by atomic mass is 35.5. The number of hydrogen-bond acceptors (Lipinski definition) is 6. The summed E-state index contributed by atoms with van der Waals surface area (Å²) in [5, 5.41) is 10.6. The van der Waals surface area contributed by atoms with E-state index in [1.54, 1.807) is 38.1 Å². The van der Waals surface area contributed by atoms with E-state index < -0.39 is 35.7 Å². The molecule has 0 radical (unpaired) electrons. The van der Waals surface area contributed by atoms with Gasteiger partial charge in [0.25, 0.3) is 0 Å². The molecule has 0 aliphatic rings. The summed E-state index contributed by atoms with van der Waals surface area (Å²) in [5.41, 5.74) is 0.630. The number of ketones is 1. The molecule has 0 amide bonds. The summed E-state index contributed by atoms with van der Waals surface area (Å²) < 4.78 is 9.02. The van der Waals surface area contributed by atoms with Crippen molar-refractivity contribution in [2.45, 2.75) is 25.9 Å². The number of aliphatic hydroxyl groups excluding tert-OH is 1. The molecule has 0 fully saturated rings. The lowest BCUT2D eigenvalue weighted by molar-refractivity contribution is -0.166. The van der Waals surface area contributed by atoms with Crippen LogP contribution in [0, 0.1) is 11.8 Å². The first kappa shape index (κ1) is 20.1. The van der Waals surface area contributed by atoms with Crippen molar-refractivity contribution in [3.63, 3.8) is 0 Å². The molecule has 3 atom stereocenters. The number of benzene rings is 1. The SMILES string of the molecule is COC(=O)C(O)C(C(=O)OC)C(=O)[C@@H](c1ccc(Cl)cc1)C(C)C. The minimum atomic E-state index is -1.93. The van der Waals surface area contributed by atoms with Crippen molar-refractivity contribution >= 4 is 29.3 Å². The van der Waals surface area contributed by atoms with Crippen LogP contribution >= 0.6 is 11.6 Å². The van der Waals surface area contributed by atoms with Crippen LogP contribution in [0.3, 0.4) is 0 Å². The van der Waals surface area contributed by atoms with E-state index in [-0.39, 0.29) is 5.92 Å². The zero-order chi connectivity index (χ0) is 18.4. The van der Waals surface area contributed by atoms with E-state index in [1.807, 2.05) is 0 Å². The fraction of sp³-hybridized carbons (Fsp3) is 0.471. The second-order valence-electron chi connectivity index (χ2n) is 5.64. The predicted molar refractivity (Wildman–Crippen MR) is 87.6 cm³/mol. The van der Waals surface area contributed by atoms with Crippen molar-refractivity contribution in [3.8, 4) is 0 Å². The molecule has 1 rings (SSSR count). The lowest BCUT2D eigenvalue weighted by Crippen LogP contribution is -2.44. The number of esters is 2. The maximum atomic E-state index is 12.9. The van der Waals surface area contributed by atoms with Crippen LogP contribution in [0.25, 0.3) is 0 Å². The number of Topliss-reactive ketones (excluding diaryl/α,β-unsaturated/α-hetero) is 1. The number of halogens is 1. The number of carbonyl (C=O) groups excluding carboxylic acids is 3. The molecule has 24 heavy (non-hydrogen) atoms. The molecule has 7 heteroatoms. The van der Waals surface area contributed by atoms with Crippen molar-refractivity contribution in [2.24, 2.45) is 11.8 Å². The third-order valence-corrected chi connectivity index (χ3v) is 3.97. The monoisotopic (exact) mass is 356 g/mol. The Bertz CT molecular complexity index is 596. The average molecular weight is 357 g/mol. The smallest absolute Gasteiger partial charge is 0.336 e. The number of methoxy groups -OCH3 is 2. The maximum Gasteiger partial charge on any atom is 0.336 e. The van der Waals surface area contributed by atoms with E-state index in [4.69, 9.17) is 11.6 Å². The van der Waals surface area contributed by atoms with Gasteiger partial charge >= 0.3 is 11.9 Å². The van der Waals surface area contributed by atoms with E-state index in [1.165, 1.54) is 0 Å². The second kappa shape index (κ2) is 8.80. The molecule has 0 aliphatic carbocycles. The van der Waals surface area contributed by atoms with E-state index in [0.717, 1.165) is 14.2 Å². The molecule has 0 spiro atoms. The summed E-state index contributed by atoms with van der Waals surface area (Å²) in [5.74, 6) is -5.24. The van der Waals surface area contributed by atoms with Crippen LogP contribution < -0.4 is 0 Å². The van der Waals surface area contributed by atoms with Crippen molar-refractivity contribution in [3.05, 3.63) is 34.9 Å². The summed E-state index contributed by atoms with van der Waals surface area (Å²) in [4.78, 5) is 36.5. The summed E-state index contributed by atoms with van der Waals surface area (Å²) in [7, 11) is 2.14. The molecule has 132 valence electrons. The highest BCUT2D eigenvalue weighted by Crippen LogP contribution is 2.31. The van der Waals surface area contributed by atoms with Gasteiger partial charge < -0.3 is 14.6 Å². The zero-order valence-corrected chi connectivity index (χ0v) is 14.7. The third-order valence-electron chi connectivity index (χ3n) is 3.72. The summed E-state index contributed by atoms with van der Waals surface area (Å²) in [6, 6.07) is 6.60. The van der Waals surface area contributed by atoms with Crippen molar-refractivity contribution in [1.82, 2.24) is 0 Å². The van der Waals surface area contributed by atoms with Gasteiger partial charge in [-0.3, -0.25) is 9.59 Å². The summed E-state index contributed by atoms with van der Waals surface area (Å²) in [6.45, 7) is 3.60. The average Bonchev–Trinajstić information content (AvgIpc) is 2.55. The molecule has 6 nitrogen and oxygen atoms in total. The molecule has 1 aromatic rings. The number of rotatable bonds is 7. The van der Waals surface area contributed by atoms with Gasteiger partial charge in [0.15, 0.2) is 17.8 Å². The van der Waals surface area contributed by atoms with E-state index >= 15 is 0 Å². The van der Waals surface area contributed by atoms with E-state index in [2.05, 4.69) is 9.47 Å². The van der Waals surface area contributed by atoms with Gasteiger partial charge in [-0.25, -0.2) is 4.79 Å². The van der Waals surface area contributed by atoms with Gasteiger partial charge in [0, 0.05) is 10.9 Å². The summed E-state index contributed by atoms with van der Waals surface area (Å²) >= 11 is 5.86. The molecule has 2 unspecified atom stereocenters. The zero-order valence-electron chi connectivity index (χ0n) is 14.0. The third kappa shape index (κ3) is 4.55. The second-order valence-corrected chi connectivity index (χ2v) is 6.08. The number of hydrogen-bond donors (Lipinski definition) is 1. The lowest BCUT2D eigenvalue weighted by Gasteiger charge is -2.26. The van der Waals surface area contributed by atoms with Crippen molar-refractivity contribution in [2.75, 3.05) is 14.2 Å². The Labute approximate surface area is 145 Å². The molecule has 0 aromatic heterocycles. The molecule has 1 N–H and O–H groups in total. The van der Waals surface area contributed by atoms with Gasteiger partial charge in [-0.1, -0.05) is 37.6 Å². The van der Waals surface area contributed by atoms with Crippen LogP contribution in [-0.2, 0) is 23.9 Å². The van der Waals surface area contributed by atoms with Gasteiger partial charge in [-0.05, 0) is 23.6 Å². The first-order chi connectivity index (χ1) is 11.2. The molecular weight excluding hydrogens is 336 g/mol. The van der Waals surface area contributed by atoms with Crippen molar-refractivity contribution < 1.29 is 29.0 Å². The van der Waals surface area contributed by atoms with Crippen LogP contribution in [0.1, 0.15) is 25.3 Å². The molecule has 0 aliphatic heterocycles. The van der Waals surface area contributed by atoms with Crippen LogP contribution in [-0.4, -0.2) is 43.2 Å². The lowest BCUT2D eigenvalue weighted by atomic mass is 9.78. The van der Waals surface area contributed by atoms with Gasteiger partial charge in [0.05, 0.1) is 14.2 Å². The number of carbonyl (C=O) groups is 3. The first-order valence-corrected chi connectivity index (χ1v) is 7.75. The summed E-state index contributed by atoms with van der Waals surface area (Å²) in [6.07, 6.45) is -1.93. The Morgan fingerprint density at radius 1 is 1.00 bits per heavy atom. The Kier molecular flexibility index (Phi) is 7.38. The fourth-order valence-corrected chi connectivity index (χ4v) is 2.65. The molecule has 0 saturated carbocycles. The number of aliphatic hydroxyl groups is 1. The van der Waals surface area contributed by atoms with Crippen LogP contribution in [0.2, 0.25) is 5.02 Å². The minimum Gasteiger partial charge on any atom is -0.468 e. The molecule has 1 aromatic carbocycles. The standard InChI is InChI=1S/C17H21ClO6/c1-9(2)12(10-5-7-11(18)8-6-10)14(19)13(16(21)23-3)15(20)17(22)24-4/h5-9,12-13,15,20H,1-4H3/t12-,13?,15?/m1/s1. The van der Waals surface area contributed by atoms with Crippen LogP contribution in [0.4, 0.5) is 0 Å². The van der Waals surface area contributed by atoms with E-state index in [0.29, 0.717) is 10.6 Å². The van der Waals surface area contributed by atoms with Gasteiger partial charge in [0.1, 0.15) is 0 Å². The first-order valence-electron chi connectivity index (χ1n) is 7.37. The Hall–Kier alpha value is -1.92. The Morgan fingerprint density at radius 2 is 1.50 bits per heavy atom. The Morgan fingerprint density at radius 3 is 1.92 bits per heavy atom. The molecule has 0 heterocycles. The van der Waals surface area contributed by atoms with Gasteiger partial charge in [0.2, 0.25) is 0 Å². The number of ether oxygens (including phenoxy) is 2. The van der Waals surface area contributed by atoms with Gasteiger partial charge in [-0.2, -0.15) is 0 Å². The van der Waals surface area contributed by atoms with Gasteiger partial charge in [-0.15, -0.1) is 0 Å².